The normalized spacial score (nSPS) is 12.0. The second-order valence-corrected chi connectivity index (χ2v) is 3.67. The number of allylic oxidation sites excluding steroid dienone is 4. The van der Waals surface area contributed by atoms with Crippen LogP contribution in [0.15, 0.2) is 66.9 Å². The molecule has 1 aliphatic rings. The summed E-state index contributed by atoms with van der Waals surface area (Å²) in [4.78, 5) is 24.7. The second kappa shape index (κ2) is 10.2. The van der Waals surface area contributed by atoms with Gasteiger partial charge in [0, 0.05) is 11.6 Å². The van der Waals surface area contributed by atoms with Crippen LogP contribution in [0.1, 0.15) is 0 Å². The summed E-state index contributed by atoms with van der Waals surface area (Å²) in [5.41, 5.74) is 1.06. The topological polar surface area (TPSA) is 47.0 Å². The van der Waals surface area contributed by atoms with Crippen LogP contribution in [0.25, 0.3) is 10.9 Å². The number of benzene rings is 1. The summed E-state index contributed by atoms with van der Waals surface area (Å²) in [6.45, 7) is 0. The Hall–Kier alpha value is -0.550. The fraction of sp³-hybridized carbons (Fsp3) is 0. The first-order valence-corrected chi connectivity index (χ1v) is 5.49. The summed E-state index contributed by atoms with van der Waals surface area (Å²) in [6.07, 6.45) is 6.82. The molecule has 0 unspecified atom stereocenters. The van der Waals surface area contributed by atoms with Crippen LogP contribution < -0.4 is 0 Å². The van der Waals surface area contributed by atoms with Gasteiger partial charge in [-0.2, -0.15) is 0 Å². The number of para-hydroxylation sites is 1. The van der Waals surface area contributed by atoms with Crippen LogP contribution in [-0.2, 0) is 9.59 Å². The largest absolute Gasteiger partial charge is 0.256 e. The van der Waals surface area contributed by atoms with Crippen LogP contribution in [0.3, 0.4) is 0 Å². The van der Waals surface area contributed by atoms with Gasteiger partial charge in [0.05, 0.1) is 5.52 Å². The van der Waals surface area contributed by atoms with Gasteiger partial charge in [-0.3, -0.25) is 14.6 Å². The molecule has 0 spiro atoms. The van der Waals surface area contributed by atoms with Crippen molar-refractivity contribution in [2.75, 3.05) is 0 Å². The molecule has 3 nitrogen and oxygen atoms in total. The maximum atomic E-state index is 10.3. The van der Waals surface area contributed by atoms with Crippen LogP contribution in [0, 0.1) is 0 Å². The summed E-state index contributed by atoms with van der Waals surface area (Å²) in [6, 6.07) is 12.1. The van der Waals surface area contributed by atoms with Crippen molar-refractivity contribution in [2.24, 2.45) is 0 Å². The average Bonchev–Trinajstić information content (AvgIpc) is 2.43. The number of ketones is 2. The molecule has 1 aromatic carbocycles. The zero-order valence-corrected chi connectivity index (χ0v) is 9.61. The molecule has 0 atom stereocenters. The summed E-state index contributed by atoms with van der Waals surface area (Å²) in [5, 5.41) is 1.20. The van der Waals surface area contributed by atoms with Crippen LogP contribution in [0.5, 0.6) is 0 Å². The van der Waals surface area contributed by atoms with E-state index < -0.39 is 0 Å². The summed E-state index contributed by atoms with van der Waals surface area (Å²) in [7, 11) is 0. The van der Waals surface area contributed by atoms with Crippen LogP contribution in [0.4, 0.5) is 0 Å². The summed E-state index contributed by atoms with van der Waals surface area (Å²) >= 11 is 0. The van der Waals surface area contributed by atoms with E-state index in [1.165, 1.54) is 29.7 Å². The number of nitrogens with zero attached hydrogens (tertiary/aromatic N) is 1. The Morgan fingerprint density at radius 1 is 0.700 bits per heavy atom. The van der Waals surface area contributed by atoms with Gasteiger partial charge in [0.2, 0.25) is 0 Å². The quantitative estimate of drug-likeness (QED) is 0.539. The Morgan fingerprint density at radius 3 is 1.75 bits per heavy atom. The molecule has 1 aromatic heterocycles. The van der Waals surface area contributed by atoms with Gasteiger partial charge < -0.3 is 0 Å². The first kappa shape index (κ1) is 19.4. The van der Waals surface area contributed by atoms with Gasteiger partial charge in [-0.25, -0.2) is 0 Å². The Bertz CT molecular complexity index is 548. The number of carbonyl (C=O) groups is 2. The zero-order valence-electron chi connectivity index (χ0n) is 9.61. The maximum absolute atomic E-state index is 10.3. The minimum atomic E-state index is -0.121. The molecule has 2 aromatic rings. The van der Waals surface area contributed by atoms with Crippen molar-refractivity contribution in [1.29, 1.82) is 0 Å². The summed E-state index contributed by atoms with van der Waals surface area (Å²) in [5.74, 6) is -0.241. The maximum Gasteiger partial charge on any atom is 0.0701 e. The molecule has 0 amide bonds. The number of aromatic nitrogens is 1. The van der Waals surface area contributed by atoms with Crippen molar-refractivity contribution >= 4 is 81.6 Å². The van der Waals surface area contributed by atoms with Crippen molar-refractivity contribution in [3.63, 3.8) is 0 Å². The van der Waals surface area contributed by atoms with E-state index in [9.17, 15) is 9.59 Å². The van der Waals surface area contributed by atoms with Crippen molar-refractivity contribution < 1.29 is 9.59 Å². The van der Waals surface area contributed by atoms with Gasteiger partial charge in [-0.15, -0.1) is 0 Å². The molecular formula is C15H13NNa2O2. The molecule has 0 N–H and O–H groups in total. The number of fused-ring (bicyclic) bond motifs is 1. The van der Waals surface area contributed by atoms with Crippen LogP contribution in [0.2, 0.25) is 0 Å². The molecule has 5 heteroatoms. The average molecular weight is 285 g/mol. The molecule has 0 saturated heterocycles. The number of hydrogen-bond acceptors (Lipinski definition) is 3. The fourth-order valence-corrected chi connectivity index (χ4v) is 1.46. The standard InChI is InChI=1S/C9H7N.C6H4O2.2Na.2H/c1-2-6-9-8(4-1)5-3-7-10-9;7-5-1-2-6(8)4-3-5;;;;/h1-7H;1-4H;;;;. The first-order valence-electron chi connectivity index (χ1n) is 5.49. The summed E-state index contributed by atoms with van der Waals surface area (Å²) < 4.78 is 0. The predicted octanol–water partition coefficient (Wildman–Crippen LogP) is 1.19. The molecule has 0 aliphatic heterocycles. The van der Waals surface area contributed by atoms with E-state index in [-0.39, 0.29) is 70.7 Å². The van der Waals surface area contributed by atoms with Gasteiger partial charge in [0.1, 0.15) is 0 Å². The molecule has 1 aliphatic carbocycles. The molecule has 0 fully saturated rings. The van der Waals surface area contributed by atoms with Gasteiger partial charge in [0.25, 0.3) is 0 Å². The number of hydrogen-bond donors (Lipinski definition) is 0. The van der Waals surface area contributed by atoms with E-state index in [0.29, 0.717) is 0 Å². The molecule has 92 valence electrons. The molecule has 3 rings (SSSR count). The van der Waals surface area contributed by atoms with Crippen LogP contribution in [-0.4, -0.2) is 75.7 Å². The third kappa shape index (κ3) is 6.27. The minimum Gasteiger partial charge on any atom is -0.256 e. The second-order valence-electron chi connectivity index (χ2n) is 3.67. The molecule has 0 bridgehead atoms. The van der Waals surface area contributed by atoms with Crippen molar-refractivity contribution in [1.82, 2.24) is 4.98 Å². The Morgan fingerprint density at radius 2 is 1.20 bits per heavy atom. The van der Waals surface area contributed by atoms with E-state index in [4.69, 9.17) is 0 Å². The molecule has 20 heavy (non-hydrogen) atoms. The SMILES string of the molecule is O=C1C=CC(=O)C=C1.[NaH].[NaH].c1ccc2ncccc2c1. The smallest absolute Gasteiger partial charge is 0.0701 e. The minimum absolute atomic E-state index is 0. The van der Waals surface area contributed by atoms with Gasteiger partial charge in [-0.05, 0) is 36.4 Å². The van der Waals surface area contributed by atoms with E-state index in [1.54, 1.807) is 0 Å². The van der Waals surface area contributed by atoms with Crippen molar-refractivity contribution in [3.05, 3.63) is 66.9 Å². The van der Waals surface area contributed by atoms with E-state index >= 15 is 0 Å². The van der Waals surface area contributed by atoms with Gasteiger partial charge in [0.15, 0.2) is 11.6 Å². The van der Waals surface area contributed by atoms with E-state index in [2.05, 4.69) is 17.1 Å². The van der Waals surface area contributed by atoms with Crippen molar-refractivity contribution in [2.45, 2.75) is 0 Å². The third-order valence-corrected chi connectivity index (χ3v) is 2.34. The van der Waals surface area contributed by atoms with Crippen LogP contribution >= 0.6 is 0 Å². The number of rotatable bonds is 0. The molecular weight excluding hydrogens is 272 g/mol. The Labute approximate surface area is 161 Å². The molecule has 0 saturated carbocycles. The van der Waals surface area contributed by atoms with Crippen molar-refractivity contribution in [3.8, 4) is 0 Å². The Balaban J connectivity index is 0.000000336. The fourth-order valence-electron chi connectivity index (χ4n) is 1.46. The van der Waals surface area contributed by atoms with E-state index in [1.807, 2.05) is 30.5 Å². The van der Waals surface area contributed by atoms with Gasteiger partial charge in [-0.1, -0.05) is 24.3 Å². The molecule has 0 radical (unpaired) electrons. The predicted molar refractivity (Wildman–Crippen MR) is 84.3 cm³/mol. The van der Waals surface area contributed by atoms with Gasteiger partial charge >= 0.3 is 59.1 Å². The third-order valence-electron chi connectivity index (χ3n) is 2.34. The Kier molecular flexibility index (Phi) is 9.94. The monoisotopic (exact) mass is 285 g/mol. The molecule has 1 heterocycles. The number of pyridine rings is 1. The first-order chi connectivity index (χ1) is 8.75. The number of carbonyl (C=O) groups excluding carboxylic acids is 2. The van der Waals surface area contributed by atoms with E-state index in [0.717, 1.165) is 5.52 Å². The zero-order chi connectivity index (χ0) is 12.8.